The summed E-state index contributed by atoms with van der Waals surface area (Å²) >= 11 is 0. The Morgan fingerprint density at radius 1 is 1.10 bits per heavy atom. The van der Waals surface area contributed by atoms with Crippen molar-refractivity contribution >= 4 is 0 Å². The van der Waals surface area contributed by atoms with Crippen molar-refractivity contribution in [3.05, 3.63) is 34.9 Å². The van der Waals surface area contributed by atoms with Gasteiger partial charge in [-0.15, -0.1) is 0 Å². The molecule has 0 radical (unpaired) electrons. The molecule has 0 bridgehead atoms. The van der Waals surface area contributed by atoms with Crippen LogP contribution in [0.3, 0.4) is 0 Å². The molecule has 0 heterocycles. The molecule has 2 heteroatoms. The second kappa shape index (κ2) is 9.97. The van der Waals surface area contributed by atoms with Crippen molar-refractivity contribution in [3.63, 3.8) is 0 Å². The van der Waals surface area contributed by atoms with Crippen LogP contribution in [-0.2, 0) is 11.2 Å². The molecule has 1 aromatic rings. The summed E-state index contributed by atoms with van der Waals surface area (Å²) in [5.74, 6) is 0. The maximum Gasteiger partial charge on any atom is 0.0731 e. The Kier molecular flexibility index (Phi) is 8.63. The normalized spacial score (nSPS) is 14.1. The van der Waals surface area contributed by atoms with Gasteiger partial charge in [-0.05, 0) is 57.7 Å². The molecule has 2 unspecified atom stereocenters. The lowest BCUT2D eigenvalue weighted by Gasteiger charge is -2.28. The largest absolute Gasteiger partial charge is 0.377 e. The van der Waals surface area contributed by atoms with E-state index in [2.05, 4.69) is 58.1 Å². The average Bonchev–Trinajstić information content (AvgIpc) is 2.47. The maximum atomic E-state index is 6.02. The third-order valence-electron chi connectivity index (χ3n) is 4.00. The first-order valence-corrected chi connectivity index (χ1v) is 8.53. The molecular formula is C19H33NO. The van der Waals surface area contributed by atoms with Gasteiger partial charge in [0.1, 0.15) is 0 Å². The predicted molar refractivity (Wildman–Crippen MR) is 92.0 cm³/mol. The molecule has 2 nitrogen and oxygen atoms in total. The van der Waals surface area contributed by atoms with Gasteiger partial charge in [-0.2, -0.15) is 0 Å². The smallest absolute Gasteiger partial charge is 0.0731 e. The van der Waals surface area contributed by atoms with Gasteiger partial charge in [0.25, 0.3) is 0 Å². The monoisotopic (exact) mass is 291 g/mol. The van der Waals surface area contributed by atoms with Crippen LogP contribution >= 0.6 is 0 Å². The first-order valence-electron chi connectivity index (χ1n) is 8.53. The molecule has 0 aliphatic rings. The van der Waals surface area contributed by atoms with Crippen LogP contribution in [0, 0.1) is 13.8 Å². The topological polar surface area (TPSA) is 21.3 Å². The Morgan fingerprint density at radius 2 is 1.86 bits per heavy atom. The van der Waals surface area contributed by atoms with E-state index in [1.165, 1.54) is 23.1 Å². The predicted octanol–water partition coefficient (Wildman–Crippen LogP) is 4.42. The van der Waals surface area contributed by atoms with Crippen LogP contribution in [0.15, 0.2) is 18.2 Å². The Bertz CT molecular complexity index is 397. The minimum atomic E-state index is 0.312. The van der Waals surface area contributed by atoms with Gasteiger partial charge in [-0.3, -0.25) is 0 Å². The number of benzene rings is 1. The number of rotatable bonds is 10. The van der Waals surface area contributed by atoms with Gasteiger partial charge >= 0.3 is 0 Å². The highest BCUT2D eigenvalue weighted by molar-refractivity contribution is 5.31. The van der Waals surface area contributed by atoms with E-state index in [1.54, 1.807) is 0 Å². The van der Waals surface area contributed by atoms with Gasteiger partial charge in [0.05, 0.1) is 6.10 Å². The number of nitrogens with one attached hydrogen (secondary N) is 1. The van der Waals surface area contributed by atoms with E-state index in [-0.39, 0.29) is 0 Å². The fourth-order valence-corrected chi connectivity index (χ4v) is 2.82. The zero-order valence-corrected chi connectivity index (χ0v) is 14.5. The number of hydrogen-bond acceptors (Lipinski definition) is 2. The highest BCUT2D eigenvalue weighted by Crippen LogP contribution is 2.17. The summed E-state index contributed by atoms with van der Waals surface area (Å²) < 4.78 is 6.02. The van der Waals surface area contributed by atoms with Crippen molar-refractivity contribution in [1.82, 2.24) is 5.32 Å². The molecule has 0 aliphatic heterocycles. The van der Waals surface area contributed by atoms with Crippen LogP contribution in [0.25, 0.3) is 0 Å². The second-order valence-corrected chi connectivity index (χ2v) is 5.98. The lowest BCUT2D eigenvalue weighted by molar-refractivity contribution is 0.0281. The Labute approximate surface area is 131 Å². The maximum absolute atomic E-state index is 6.02. The molecule has 120 valence electrons. The summed E-state index contributed by atoms with van der Waals surface area (Å²) in [6.45, 7) is 12.8. The third-order valence-corrected chi connectivity index (χ3v) is 4.00. The van der Waals surface area contributed by atoms with Gasteiger partial charge in [-0.1, -0.05) is 44.0 Å². The average molecular weight is 291 g/mol. The van der Waals surface area contributed by atoms with Crippen LogP contribution in [0.2, 0.25) is 0 Å². The Morgan fingerprint density at radius 3 is 2.48 bits per heavy atom. The first-order chi connectivity index (χ1) is 10.1. The molecule has 0 aliphatic carbocycles. The van der Waals surface area contributed by atoms with E-state index in [9.17, 15) is 0 Å². The number of hydrogen-bond donors (Lipinski definition) is 1. The Hall–Kier alpha value is -0.860. The van der Waals surface area contributed by atoms with Gasteiger partial charge in [0.15, 0.2) is 0 Å². The number of ether oxygens (including phenoxy) is 1. The van der Waals surface area contributed by atoms with E-state index in [1.807, 2.05) is 0 Å². The fourth-order valence-electron chi connectivity index (χ4n) is 2.82. The standard InChI is InChI=1S/C19H33NO/c1-6-9-19(21-8-3)18(20-12-7-2)14-17-13-15(4)10-11-16(17)5/h10-11,13,18-20H,6-9,12,14H2,1-5H3. The summed E-state index contributed by atoms with van der Waals surface area (Å²) in [5, 5.41) is 3.71. The molecule has 0 saturated carbocycles. The van der Waals surface area contributed by atoms with E-state index in [0.717, 1.165) is 32.4 Å². The van der Waals surface area contributed by atoms with Crippen molar-refractivity contribution in [3.8, 4) is 0 Å². The molecule has 0 fully saturated rings. The van der Waals surface area contributed by atoms with Gasteiger partial charge in [-0.25, -0.2) is 0 Å². The quantitative estimate of drug-likeness (QED) is 0.689. The third kappa shape index (κ3) is 6.19. The van der Waals surface area contributed by atoms with Crippen LogP contribution < -0.4 is 5.32 Å². The number of aryl methyl sites for hydroxylation is 2. The molecule has 0 saturated heterocycles. The summed E-state index contributed by atoms with van der Waals surface area (Å²) in [7, 11) is 0. The molecule has 1 aromatic carbocycles. The lowest BCUT2D eigenvalue weighted by Crippen LogP contribution is -2.43. The van der Waals surface area contributed by atoms with Crippen molar-refractivity contribution < 1.29 is 4.74 Å². The van der Waals surface area contributed by atoms with Crippen LogP contribution in [0.1, 0.15) is 56.7 Å². The summed E-state index contributed by atoms with van der Waals surface area (Å²) in [6, 6.07) is 7.16. The molecule has 0 amide bonds. The molecule has 2 atom stereocenters. The summed E-state index contributed by atoms with van der Waals surface area (Å²) in [5.41, 5.74) is 4.17. The van der Waals surface area contributed by atoms with E-state index >= 15 is 0 Å². The van der Waals surface area contributed by atoms with Crippen molar-refractivity contribution in [2.45, 2.75) is 72.4 Å². The second-order valence-electron chi connectivity index (χ2n) is 5.98. The highest BCUT2D eigenvalue weighted by Gasteiger charge is 2.21. The van der Waals surface area contributed by atoms with Gasteiger partial charge in [0.2, 0.25) is 0 Å². The first kappa shape index (κ1) is 18.2. The van der Waals surface area contributed by atoms with Crippen molar-refractivity contribution in [1.29, 1.82) is 0 Å². The molecule has 0 spiro atoms. The molecule has 0 aromatic heterocycles. The fraction of sp³-hybridized carbons (Fsp3) is 0.684. The minimum absolute atomic E-state index is 0.312. The van der Waals surface area contributed by atoms with Gasteiger partial charge in [0, 0.05) is 12.6 Å². The van der Waals surface area contributed by atoms with E-state index in [0.29, 0.717) is 12.1 Å². The van der Waals surface area contributed by atoms with Crippen LogP contribution in [-0.4, -0.2) is 25.3 Å². The molecular weight excluding hydrogens is 258 g/mol. The summed E-state index contributed by atoms with van der Waals surface area (Å²) in [6.07, 6.45) is 4.82. The van der Waals surface area contributed by atoms with Crippen molar-refractivity contribution in [2.24, 2.45) is 0 Å². The van der Waals surface area contributed by atoms with E-state index < -0.39 is 0 Å². The lowest BCUT2D eigenvalue weighted by atomic mass is 9.94. The Balaban J connectivity index is 2.86. The summed E-state index contributed by atoms with van der Waals surface area (Å²) in [4.78, 5) is 0. The highest BCUT2D eigenvalue weighted by atomic mass is 16.5. The zero-order chi connectivity index (χ0) is 15.7. The molecule has 21 heavy (non-hydrogen) atoms. The molecule has 1 N–H and O–H groups in total. The zero-order valence-electron chi connectivity index (χ0n) is 14.5. The van der Waals surface area contributed by atoms with Crippen LogP contribution in [0.4, 0.5) is 0 Å². The van der Waals surface area contributed by atoms with Crippen LogP contribution in [0.5, 0.6) is 0 Å². The van der Waals surface area contributed by atoms with Crippen molar-refractivity contribution in [2.75, 3.05) is 13.2 Å². The van der Waals surface area contributed by atoms with Gasteiger partial charge < -0.3 is 10.1 Å². The molecule has 1 rings (SSSR count). The minimum Gasteiger partial charge on any atom is -0.377 e. The van der Waals surface area contributed by atoms with E-state index in [4.69, 9.17) is 4.74 Å². The SMILES string of the molecule is CCCNC(Cc1cc(C)ccc1C)C(CCC)OCC.